The molecule has 20 heavy (non-hydrogen) atoms. The van der Waals surface area contributed by atoms with Crippen LogP contribution in [0.25, 0.3) is 0 Å². The molecule has 1 N–H and O–H groups in total. The zero-order chi connectivity index (χ0) is 14.1. The average Bonchev–Trinajstić information content (AvgIpc) is 2.77. The summed E-state index contributed by atoms with van der Waals surface area (Å²) >= 11 is 0. The molecule has 0 radical (unpaired) electrons. The van der Waals surface area contributed by atoms with Gasteiger partial charge in [-0.3, -0.25) is 4.79 Å². The summed E-state index contributed by atoms with van der Waals surface area (Å²) in [7, 11) is 0. The highest BCUT2D eigenvalue weighted by atomic mass is 19.1. The van der Waals surface area contributed by atoms with Crippen LogP contribution < -0.4 is 10.2 Å². The molecule has 0 saturated heterocycles. The largest absolute Gasteiger partial charge is 0.354 e. The number of aromatic nitrogens is 2. The van der Waals surface area contributed by atoms with E-state index in [4.69, 9.17) is 0 Å². The van der Waals surface area contributed by atoms with Gasteiger partial charge in [-0.15, -0.1) is 0 Å². The first kappa shape index (κ1) is 12.5. The maximum Gasteiger partial charge on any atom is 0.262 e. The number of halogens is 1. The lowest BCUT2D eigenvalue weighted by atomic mass is 10.2. The first-order valence-corrected chi connectivity index (χ1v) is 6.36. The second-order valence-electron chi connectivity index (χ2n) is 4.45. The minimum atomic E-state index is -0.327. The van der Waals surface area contributed by atoms with Crippen molar-refractivity contribution in [3.8, 4) is 0 Å². The summed E-state index contributed by atoms with van der Waals surface area (Å²) in [5.41, 5.74) is 1.83. The fraction of sp³-hybridized carbons (Fsp3) is 0.214. The highest BCUT2D eigenvalue weighted by molar-refractivity contribution is 6.09. The van der Waals surface area contributed by atoms with Gasteiger partial charge < -0.3 is 10.2 Å². The van der Waals surface area contributed by atoms with Crippen LogP contribution in [0.3, 0.4) is 0 Å². The molecule has 0 aliphatic carbocycles. The molecule has 6 heteroatoms. The fourth-order valence-electron chi connectivity index (χ4n) is 2.16. The van der Waals surface area contributed by atoms with Crippen LogP contribution in [-0.4, -0.2) is 22.4 Å². The Morgan fingerprint density at radius 2 is 2.10 bits per heavy atom. The van der Waals surface area contributed by atoms with Crippen LogP contribution in [0.15, 0.2) is 30.5 Å². The minimum Gasteiger partial charge on any atom is -0.354 e. The van der Waals surface area contributed by atoms with E-state index in [0.29, 0.717) is 36.0 Å². The van der Waals surface area contributed by atoms with Gasteiger partial charge in [-0.1, -0.05) is 0 Å². The van der Waals surface area contributed by atoms with Crippen molar-refractivity contribution in [3.05, 3.63) is 47.5 Å². The quantitative estimate of drug-likeness (QED) is 0.930. The molecule has 1 amide bonds. The van der Waals surface area contributed by atoms with Crippen molar-refractivity contribution in [1.29, 1.82) is 0 Å². The summed E-state index contributed by atoms with van der Waals surface area (Å²) in [6.45, 7) is 3.04. The first-order valence-electron chi connectivity index (χ1n) is 6.36. The molecular weight excluding hydrogens is 259 g/mol. The van der Waals surface area contributed by atoms with Crippen LogP contribution in [0, 0.1) is 5.82 Å². The smallest absolute Gasteiger partial charge is 0.262 e. The van der Waals surface area contributed by atoms with Crippen molar-refractivity contribution >= 4 is 17.5 Å². The van der Waals surface area contributed by atoms with Gasteiger partial charge in [-0.05, 0) is 31.2 Å². The molecule has 1 aromatic heterocycles. The second kappa shape index (κ2) is 4.88. The van der Waals surface area contributed by atoms with E-state index in [2.05, 4.69) is 15.3 Å². The van der Waals surface area contributed by atoms with Crippen molar-refractivity contribution in [2.45, 2.75) is 13.5 Å². The highest BCUT2D eigenvalue weighted by Gasteiger charge is 2.30. The molecule has 0 spiro atoms. The zero-order valence-electron chi connectivity index (χ0n) is 10.9. The molecule has 2 heterocycles. The summed E-state index contributed by atoms with van der Waals surface area (Å²) in [5, 5.41) is 3.01. The molecule has 1 aliphatic heterocycles. The Bertz CT molecular complexity index is 657. The van der Waals surface area contributed by atoms with Crippen LogP contribution in [0.4, 0.5) is 16.0 Å². The van der Waals surface area contributed by atoms with Crippen LogP contribution in [0.5, 0.6) is 0 Å². The standard InChI is InChI=1S/C14H13FN4O/c1-2-16-14-17-7-11-12(18-14)8-19(13(11)20)10-5-3-9(15)4-6-10/h3-7H,2,8H2,1H3,(H,16,17,18). The van der Waals surface area contributed by atoms with E-state index < -0.39 is 0 Å². The molecule has 2 aromatic rings. The molecule has 0 fully saturated rings. The molecule has 0 bridgehead atoms. The van der Waals surface area contributed by atoms with E-state index in [-0.39, 0.29) is 11.7 Å². The lowest BCUT2D eigenvalue weighted by molar-refractivity contribution is 0.0996. The van der Waals surface area contributed by atoms with Crippen LogP contribution in [0.2, 0.25) is 0 Å². The van der Waals surface area contributed by atoms with Crippen molar-refractivity contribution in [3.63, 3.8) is 0 Å². The molecule has 0 unspecified atom stereocenters. The number of nitrogens with one attached hydrogen (secondary N) is 1. The van der Waals surface area contributed by atoms with Crippen LogP contribution in [-0.2, 0) is 6.54 Å². The predicted octanol–water partition coefficient (Wildman–Crippen LogP) is 2.21. The number of rotatable bonds is 3. The van der Waals surface area contributed by atoms with Gasteiger partial charge in [0.15, 0.2) is 0 Å². The van der Waals surface area contributed by atoms with Crippen molar-refractivity contribution < 1.29 is 9.18 Å². The van der Waals surface area contributed by atoms with Gasteiger partial charge in [0.1, 0.15) is 5.82 Å². The highest BCUT2D eigenvalue weighted by Crippen LogP contribution is 2.27. The first-order chi connectivity index (χ1) is 9.69. The Labute approximate surface area is 115 Å². The summed E-state index contributed by atoms with van der Waals surface area (Å²) < 4.78 is 12.9. The van der Waals surface area contributed by atoms with Gasteiger partial charge in [-0.25, -0.2) is 14.4 Å². The third kappa shape index (κ3) is 2.09. The number of amides is 1. The van der Waals surface area contributed by atoms with Gasteiger partial charge in [-0.2, -0.15) is 0 Å². The second-order valence-corrected chi connectivity index (χ2v) is 4.45. The SMILES string of the molecule is CCNc1ncc2c(n1)CN(c1ccc(F)cc1)C2=O. The number of anilines is 2. The van der Waals surface area contributed by atoms with Gasteiger partial charge in [0, 0.05) is 18.4 Å². The number of carbonyl (C=O) groups is 1. The zero-order valence-corrected chi connectivity index (χ0v) is 10.9. The fourth-order valence-corrected chi connectivity index (χ4v) is 2.16. The summed E-state index contributed by atoms with van der Waals surface area (Å²) in [4.78, 5) is 22.3. The summed E-state index contributed by atoms with van der Waals surface area (Å²) in [6, 6.07) is 5.83. The number of nitrogens with zero attached hydrogens (tertiary/aromatic N) is 3. The molecule has 3 rings (SSSR count). The van der Waals surface area contributed by atoms with E-state index in [9.17, 15) is 9.18 Å². The average molecular weight is 272 g/mol. The van der Waals surface area contributed by atoms with Crippen LogP contribution in [0.1, 0.15) is 23.0 Å². The molecule has 1 aromatic carbocycles. The molecule has 102 valence electrons. The topological polar surface area (TPSA) is 58.1 Å². The number of hydrogen-bond acceptors (Lipinski definition) is 4. The normalized spacial score (nSPS) is 13.5. The molecule has 0 atom stereocenters. The number of hydrogen-bond donors (Lipinski definition) is 1. The third-order valence-corrected chi connectivity index (χ3v) is 3.12. The summed E-state index contributed by atoms with van der Waals surface area (Å²) in [5.74, 6) is 0.0294. The van der Waals surface area contributed by atoms with Crippen LogP contribution >= 0.6 is 0 Å². The Morgan fingerprint density at radius 1 is 1.35 bits per heavy atom. The summed E-state index contributed by atoms with van der Waals surface area (Å²) in [6.07, 6.45) is 1.53. The Balaban J connectivity index is 1.91. The lowest BCUT2D eigenvalue weighted by Crippen LogP contribution is -2.22. The van der Waals surface area contributed by atoms with E-state index in [1.54, 1.807) is 17.0 Å². The monoisotopic (exact) mass is 272 g/mol. The predicted molar refractivity (Wildman–Crippen MR) is 73.1 cm³/mol. The maximum absolute atomic E-state index is 12.9. The van der Waals surface area contributed by atoms with Gasteiger partial charge in [0.25, 0.3) is 5.91 Å². The van der Waals surface area contributed by atoms with Crippen molar-refractivity contribution in [2.24, 2.45) is 0 Å². The van der Waals surface area contributed by atoms with Gasteiger partial charge >= 0.3 is 0 Å². The molecular formula is C14H13FN4O. The van der Waals surface area contributed by atoms with E-state index in [0.717, 1.165) is 0 Å². The van der Waals surface area contributed by atoms with Gasteiger partial charge in [0.2, 0.25) is 5.95 Å². The van der Waals surface area contributed by atoms with E-state index >= 15 is 0 Å². The molecule has 1 aliphatic rings. The van der Waals surface area contributed by atoms with Crippen molar-refractivity contribution in [1.82, 2.24) is 9.97 Å². The van der Waals surface area contributed by atoms with E-state index in [1.807, 2.05) is 6.92 Å². The number of fused-ring (bicyclic) bond motifs is 1. The maximum atomic E-state index is 12.9. The number of benzene rings is 1. The molecule has 0 saturated carbocycles. The number of carbonyl (C=O) groups excluding carboxylic acids is 1. The Kier molecular flexibility index (Phi) is 3.06. The Hall–Kier alpha value is -2.50. The molecule has 5 nitrogen and oxygen atoms in total. The van der Waals surface area contributed by atoms with Gasteiger partial charge in [0.05, 0.1) is 17.8 Å². The van der Waals surface area contributed by atoms with E-state index in [1.165, 1.54) is 18.3 Å². The third-order valence-electron chi connectivity index (χ3n) is 3.12. The van der Waals surface area contributed by atoms with Crippen molar-refractivity contribution in [2.75, 3.05) is 16.8 Å². The minimum absolute atomic E-state index is 0.158. The lowest BCUT2D eigenvalue weighted by Gasteiger charge is -2.14. The Morgan fingerprint density at radius 3 is 2.80 bits per heavy atom.